The monoisotopic (exact) mass is 403 g/mol. The van der Waals surface area contributed by atoms with Gasteiger partial charge < -0.3 is 11.1 Å². The molecule has 2 aromatic heterocycles. The fraction of sp³-hybridized carbons (Fsp3) is 0.389. The van der Waals surface area contributed by atoms with E-state index < -0.39 is 23.7 Å². The highest BCUT2D eigenvalue weighted by atomic mass is 19.4. The van der Waals surface area contributed by atoms with E-state index in [2.05, 4.69) is 27.5 Å². The minimum absolute atomic E-state index is 0.0315. The van der Waals surface area contributed by atoms with Crippen LogP contribution >= 0.6 is 0 Å². The quantitative estimate of drug-likeness (QED) is 0.806. The van der Waals surface area contributed by atoms with Crippen molar-refractivity contribution in [3.05, 3.63) is 35.8 Å². The standard InChI is InChI=1S/C18H16F3N7O/c19-18(20,21)15-4-2-12(8-25-15)26-17-13(16(24)29)9-28(27-17)14-3-1-10(6-22)5-11(14)7-23/h2,4,8-11,14H,1,3,5H2,(H2,24,29)(H,26,27)/t10-,11+,14-/m0/s1. The van der Waals surface area contributed by atoms with Crippen molar-refractivity contribution in [1.29, 1.82) is 10.5 Å². The number of carbonyl (C=O) groups excluding carboxylic acids is 1. The Morgan fingerprint density at radius 1 is 1.28 bits per heavy atom. The molecule has 3 rings (SSSR count). The average Bonchev–Trinajstić information content (AvgIpc) is 3.11. The first-order chi connectivity index (χ1) is 13.7. The van der Waals surface area contributed by atoms with Crippen molar-refractivity contribution in [2.45, 2.75) is 31.5 Å². The molecule has 0 saturated heterocycles. The number of nitrogens with zero attached hydrogens (tertiary/aromatic N) is 5. The molecule has 0 spiro atoms. The first-order valence-electron chi connectivity index (χ1n) is 8.71. The molecular weight excluding hydrogens is 387 g/mol. The van der Waals surface area contributed by atoms with Gasteiger partial charge in [0, 0.05) is 12.1 Å². The summed E-state index contributed by atoms with van der Waals surface area (Å²) in [5.41, 5.74) is 4.57. The third-order valence-corrected chi connectivity index (χ3v) is 4.82. The van der Waals surface area contributed by atoms with E-state index in [1.54, 1.807) is 0 Å². The largest absolute Gasteiger partial charge is 0.433 e. The van der Waals surface area contributed by atoms with Crippen LogP contribution in [0, 0.1) is 34.5 Å². The second kappa shape index (κ2) is 7.80. The minimum atomic E-state index is -4.56. The van der Waals surface area contributed by atoms with Crippen molar-refractivity contribution >= 4 is 17.4 Å². The van der Waals surface area contributed by atoms with Crippen LogP contribution in [0.5, 0.6) is 0 Å². The van der Waals surface area contributed by atoms with Gasteiger partial charge in [-0.25, -0.2) is 4.98 Å². The number of carbonyl (C=O) groups is 1. The fourth-order valence-electron chi connectivity index (χ4n) is 3.33. The Labute approximate surface area is 163 Å². The number of primary amides is 1. The Morgan fingerprint density at radius 2 is 2.03 bits per heavy atom. The summed E-state index contributed by atoms with van der Waals surface area (Å²) in [6.07, 6.45) is -0.664. The lowest BCUT2D eigenvalue weighted by Gasteiger charge is -2.29. The normalized spacial score (nSPS) is 21.8. The summed E-state index contributed by atoms with van der Waals surface area (Å²) < 4.78 is 39.4. The van der Waals surface area contributed by atoms with Gasteiger partial charge in [-0.3, -0.25) is 9.48 Å². The maximum absolute atomic E-state index is 12.6. The zero-order chi connectivity index (χ0) is 21.2. The fourth-order valence-corrected chi connectivity index (χ4v) is 3.33. The Balaban J connectivity index is 1.87. The van der Waals surface area contributed by atoms with Crippen molar-refractivity contribution in [3.63, 3.8) is 0 Å². The first-order valence-corrected chi connectivity index (χ1v) is 8.71. The molecule has 1 aliphatic rings. The predicted octanol–water partition coefficient (Wildman–Crippen LogP) is 3.14. The van der Waals surface area contributed by atoms with Crippen molar-refractivity contribution in [1.82, 2.24) is 14.8 Å². The molecule has 11 heteroatoms. The van der Waals surface area contributed by atoms with Gasteiger partial charge in [-0.1, -0.05) is 0 Å². The number of halogens is 3. The summed E-state index contributed by atoms with van der Waals surface area (Å²) in [5.74, 6) is -1.40. The minimum Gasteiger partial charge on any atom is -0.365 e. The molecule has 8 nitrogen and oxygen atoms in total. The van der Waals surface area contributed by atoms with Gasteiger partial charge in [-0.15, -0.1) is 0 Å². The topological polar surface area (TPSA) is 133 Å². The van der Waals surface area contributed by atoms with E-state index >= 15 is 0 Å². The van der Waals surface area contributed by atoms with Crippen LogP contribution in [0.1, 0.15) is 41.4 Å². The molecule has 1 amide bonds. The SMILES string of the molecule is N#C[C@H]1CC[C@H](n2cc(C(N)=O)c(Nc3ccc(C(F)(F)F)nc3)n2)[C@@H](C#N)C1. The van der Waals surface area contributed by atoms with Crippen LogP contribution in [0.2, 0.25) is 0 Å². The number of amides is 1. The number of rotatable bonds is 4. The number of nitrogens with one attached hydrogen (secondary N) is 1. The summed E-state index contributed by atoms with van der Waals surface area (Å²) in [7, 11) is 0. The van der Waals surface area contributed by atoms with Crippen molar-refractivity contribution in [2.24, 2.45) is 17.6 Å². The smallest absolute Gasteiger partial charge is 0.365 e. The molecular formula is C18H16F3N7O. The molecule has 0 aromatic carbocycles. The molecule has 1 aliphatic carbocycles. The average molecular weight is 403 g/mol. The lowest BCUT2D eigenvalue weighted by molar-refractivity contribution is -0.141. The van der Waals surface area contributed by atoms with E-state index in [1.165, 1.54) is 10.9 Å². The second-order valence-electron chi connectivity index (χ2n) is 6.73. The zero-order valence-corrected chi connectivity index (χ0v) is 15.0. The van der Waals surface area contributed by atoms with E-state index in [4.69, 9.17) is 11.0 Å². The number of aromatic nitrogens is 3. The molecule has 0 bridgehead atoms. The van der Waals surface area contributed by atoms with Gasteiger partial charge in [0.05, 0.1) is 36.0 Å². The van der Waals surface area contributed by atoms with Crippen molar-refractivity contribution < 1.29 is 18.0 Å². The number of anilines is 2. The Hall–Kier alpha value is -3.60. The van der Waals surface area contributed by atoms with E-state index in [9.17, 15) is 23.2 Å². The third-order valence-electron chi connectivity index (χ3n) is 4.82. The second-order valence-corrected chi connectivity index (χ2v) is 6.73. The summed E-state index contributed by atoms with van der Waals surface area (Å²) >= 11 is 0. The molecule has 1 fully saturated rings. The van der Waals surface area contributed by atoms with Crippen LogP contribution in [-0.4, -0.2) is 20.7 Å². The number of hydrogen-bond acceptors (Lipinski definition) is 6. The van der Waals surface area contributed by atoms with Gasteiger partial charge in [-0.2, -0.15) is 28.8 Å². The number of pyridine rings is 1. The van der Waals surface area contributed by atoms with Crippen LogP contribution in [0.3, 0.4) is 0 Å². The summed E-state index contributed by atoms with van der Waals surface area (Å²) in [4.78, 5) is 15.1. The highest BCUT2D eigenvalue weighted by molar-refractivity contribution is 5.98. The summed E-state index contributed by atoms with van der Waals surface area (Å²) in [5, 5.41) is 25.6. The van der Waals surface area contributed by atoms with Crippen LogP contribution < -0.4 is 11.1 Å². The van der Waals surface area contributed by atoms with E-state index in [0.717, 1.165) is 18.3 Å². The van der Waals surface area contributed by atoms with Gasteiger partial charge in [0.25, 0.3) is 5.91 Å². The Bertz CT molecular complexity index is 985. The highest BCUT2D eigenvalue weighted by Crippen LogP contribution is 2.37. The maximum atomic E-state index is 12.6. The first kappa shape index (κ1) is 20.1. The highest BCUT2D eigenvalue weighted by Gasteiger charge is 2.34. The van der Waals surface area contributed by atoms with Gasteiger partial charge in [0.2, 0.25) is 0 Å². The molecule has 1 saturated carbocycles. The molecule has 2 aromatic rings. The van der Waals surface area contributed by atoms with Crippen LogP contribution in [0.25, 0.3) is 0 Å². The van der Waals surface area contributed by atoms with Crippen LogP contribution in [0.15, 0.2) is 24.5 Å². The van der Waals surface area contributed by atoms with E-state index in [-0.39, 0.29) is 29.0 Å². The predicted molar refractivity (Wildman–Crippen MR) is 94.4 cm³/mol. The van der Waals surface area contributed by atoms with Gasteiger partial charge in [0.1, 0.15) is 11.3 Å². The molecule has 3 N–H and O–H groups in total. The number of hydrogen-bond donors (Lipinski definition) is 2. The molecule has 0 aliphatic heterocycles. The maximum Gasteiger partial charge on any atom is 0.433 e. The summed E-state index contributed by atoms with van der Waals surface area (Å²) in [6, 6.07) is 5.97. The molecule has 0 radical (unpaired) electrons. The Morgan fingerprint density at radius 3 is 2.59 bits per heavy atom. The van der Waals surface area contributed by atoms with E-state index in [0.29, 0.717) is 19.3 Å². The number of nitrogens with two attached hydrogens (primary N) is 1. The number of nitriles is 2. The van der Waals surface area contributed by atoms with E-state index in [1.807, 2.05) is 0 Å². The van der Waals surface area contributed by atoms with Gasteiger partial charge >= 0.3 is 6.18 Å². The van der Waals surface area contributed by atoms with Crippen molar-refractivity contribution in [3.8, 4) is 12.1 Å². The van der Waals surface area contributed by atoms with Gasteiger partial charge in [-0.05, 0) is 31.4 Å². The summed E-state index contributed by atoms with van der Waals surface area (Å²) in [6.45, 7) is 0. The lowest BCUT2D eigenvalue weighted by atomic mass is 9.79. The van der Waals surface area contributed by atoms with Crippen LogP contribution in [-0.2, 0) is 6.18 Å². The molecule has 29 heavy (non-hydrogen) atoms. The number of alkyl halides is 3. The van der Waals surface area contributed by atoms with Crippen LogP contribution in [0.4, 0.5) is 24.7 Å². The lowest BCUT2D eigenvalue weighted by Crippen LogP contribution is -2.26. The van der Waals surface area contributed by atoms with Crippen molar-refractivity contribution in [2.75, 3.05) is 5.32 Å². The molecule has 0 unspecified atom stereocenters. The third kappa shape index (κ3) is 4.29. The zero-order valence-electron chi connectivity index (χ0n) is 15.0. The van der Waals surface area contributed by atoms with Gasteiger partial charge in [0.15, 0.2) is 5.82 Å². The molecule has 2 heterocycles. The molecule has 3 atom stereocenters. The molecule has 150 valence electrons. The Kier molecular flexibility index (Phi) is 5.41.